The van der Waals surface area contributed by atoms with E-state index in [-0.39, 0.29) is 11.3 Å². The molecule has 1 aliphatic carbocycles. The molecule has 1 atom stereocenters. The van der Waals surface area contributed by atoms with Crippen LogP contribution < -0.4 is 10.1 Å². The van der Waals surface area contributed by atoms with Gasteiger partial charge in [-0.05, 0) is 66.5 Å². The first-order chi connectivity index (χ1) is 18.8. The van der Waals surface area contributed by atoms with E-state index >= 15 is 0 Å². The summed E-state index contributed by atoms with van der Waals surface area (Å²) < 4.78 is 6.13. The lowest BCUT2D eigenvalue weighted by Gasteiger charge is -2.33. The van der Waals surface area contributed by atoms with Crippen LogP contribution in [0, 0.1) is 11.3 Å². The van der Waals surface area contributed by atoms with Crippen molar-refractivity contribution >= 4 is 45.7 Å². The van der Waals surface area contributed by atoms with Crippen LogP contribution in [0.25, 0.3) is 0 Å². The molecule has 0 fully saturated rings. The summed E-state index contributed by atoms with van der Waals surface area (Å²) in [6, 6.07) is 25.1. The molecular weight excluding hydrogens is 524 g/mol. The van der Waals surface area contributed by atoms with Gasteiger partial charge in [0.2, 0.25) is 0 Å². The average molecular weight is 557 g/mol. The van der Waals surface area contributed by atoms with Crippen LogP contribution >= 0.6 is 22.9 Å². The van der Waals surface area contributed by atoms with Crippen molar-refractivity contribution in [3.63, 3.8) is 0 Å². The molecule has 0 spiro atoms. The lowest BCUT2D eigenvalue weighted by Crippen LogP contribution is -2.27. The number of aliphatic imine (C=N–C) groups is 1. The SMILES string of the molecule is CC(C)(C)[C@H]1CCc2c(sc(N=Cc3ccccc3OCc3ccccc3Cl)c2C(=O)Nc2ccccc2)C1. The molecule has 0 unspecified atom stereocenters. The molecule has 0 saturated carbocycles. The second kappa shape index (κ2) is 11.8. The highest BCUT2D eigenvalue weighted by molar-refractivity contribution is 7.16. The van der Waals surface area contributed by atoms with Crippen molar-refractivity contribution in [2.24, 2.45) is 16.3 Å². The number of hydrogen-bond acceptors (Lipinski definition) is 4. The van der Waals surface area contributed by atoms with E-state index in [1.165, 1.54) is 4.88 Å². The predicted molar refractivity (Wildman–Crippen MR) is 163 cm³/mol. The largest absolute Gasteiger partial charge is 0.488 e. The molecule has 39 heavy (non-hydrogen) atoms. The van der Waals surface area contributed by atoms with Crippen molar-refractivity contribution in [2.75, 3.05) is 5.32 Å². The number of benzene rings is 3. The molecule has 0 bridgehead atoms. The van der Waals surface area contributed by atoms with Gasteiger partial charge in [0.15, 0.2) is 0 Å². The number of rotatable bonds is 7. The third kappa shape index (κ3) is 6.43. The number of carbonyl (C=O) groups excluding carboxylic acids is 1. The van der Waals surface area contributed by atoms with Gasteiger partial charge in [0.1, 0.15) is 17.4 Å². The summed E-state index contributed by atoms with van der Waals surface area (Å²) in [5.41, 5.74) is 4.60. The fourth-order valence-electron chi connectivity index (χ4n) is 4.97. The van der Waals surface area contributed by atoms with E-state index in [1.807, 2.05) is 78.9 Å². The van der Waals surface area contributed by atoms with E-state index in [4.69, 9.17) is 21.3 Å². The van der Waals surface area contributed by atoms with Gasteiger partial charge >= 0.3 is 0 Å². The van der Waals surface area contributed by atoms with E-state index in [9.17, 15) is 4.79 Å². The Morgan fingerprint density at radius 2 is 1.77 bits per heavy atom. The summed E-state index contributed by atoms with van der Waals surface area (Å²) in [4.78, 5) is 19.8. The van der Waals surface area contributed by atoms with Crippen LogP contribution in [0.1, 0.15) is 59.1 Å². The minimum atomic E-state index is -0.108. The summed E-state index contributed by atoms with van der Waals surface area (Å²) in [6.45, 7) is 7.27. The van der Waals surface area contributed by atoms with E-state index < -0.39 is 0 Å². The second-order valence-electron chi connectivity index (χ2n) is 11.0. The molecule has 1 aliphatic rings. The Bertz CT molecular complexity index is 1490. The minimum absolute atomic E-state index is 0.108. The quantitative estimate of drug-likeness (QED) is 0.231. The molecule has 1 amide bonds. The van der Waals surface area contributed by atoms with Crippen molar-refractivity contribution in [3.05, 3.63) is 111 Å². The number of fused-ring (bicyclic) bond motifs is 1. The summed E-state index contributed by atoms with van der Waals surface area (Å²) in [7, 11) is 0. The molecule has 0 radical (unpaired) electrons. The number of ether oxygens (including phenoxy) is 1. The molecule has 6 heteroatoms. The number of halogens is 1. The second-order valence-corrected chi connectivity index (χ2v) is 12.5. The number of amides is 1. The van der Waals surface area contributed by atoms with Crippen LogP contribution in [0.2, 0.25) is 5.02 Å². The Hall–Kier alpha value is -3.41. The van der Waals surface area contributed by atoms with Crippen molar-refractivity contribution < 1.29 is 9.53 Å². The van der Waals surface area contributed by atoms with Crippen LogP contribution in [-0.2, 0) is 19.4 Å². The number of para-hydroxylation sites is 2. The lowest BCUT2D eigenvalue weighted by molar-refractivity contribution is 0.102. The van der Waals surface area contributed by atoms with Crippen molar-refractivity contribution in [1.29, 1.82) is 0 Å². The van der Waals surface area contributed by atoms with Crippen molar-refractivity contribution in [1.82, 2.24) is 0 Å². The third-order valence-electron chi connectivity index (χ3n) is 7.31. The molecule has 5 rings (SSSR count). The average Bonchev–Trinajstić information content (AvgIpc) is 3.30. The normalized spacial score (nSPS) is 15.2. The third-order valence-corrected chi connectivity index (χ3v) is 8.84. The predicted octanol–water partition coefficient (Wildman–Crippen LogP) is 9.13. The molecule has 4 nitrogen and oxygen atoms in total. The molecule has 200 valence electrons. The first kappa shape index (κ1) is 27.2. The van der Waals surface area contributed by atoms with E-state index in [0.29, 0.717) is 28.9 Å². The van der Waals surface area contributed by atoms with Gasteiger partial charge in [-0.2, -0.15) is 0 Å². The molecule has 0 saturated heterocycles. The Morgan fingerprint density at radius 1 is 1.05 bits per heavy atom. The number of nitrogens with zero attached hydrogens (tertiary/aromatic N) is 1. The maximum absolute atomic E-state index is 13.6. The van der Waals surface area contributed by atoms with Crippen molar-refractivity contribution in [2.45, 2.75) is 46.6 Å². The van der Waals surface area contributed by atoms with Gasteiger partial charge in [-0.3, -0.25) is 4.79 Å². The topological polar surface area (TPSA) is 50.7 Å². The molecular formula is C33H33ClN2O2S. The molecule has 1 aromatic heterocycles. The zero-order valence-corrected chi connectivity index (χ0v) is 24.1. The number of anilines is 1. The van der Waals surface area contributed by atoms with Crippen LogP contribution in [0.15, 0.2) is 83.9 Å². The Kier molecular flexibility index (Phi) is 8.20. The zero-order valence-electron chi connectivity index (χ0n) is 22.5. The Balaban J connectivity index is 1.45. The van der Waals surface area contributed by atoms with Crippen LogP contribution in [-0.4, -0.2) is 12.1 Å². The fraction of sp³-hybridized carbons (Fsp3) is 0.273. The maximum atomic E-state index is 13.6. The van der Waals surface area contributed by atoms with Gasteiger partial charge in [-0.1, -0.05) is 80.9 Å². The summed E-state index contributed by atoms with van der Waals surface area (Å²) in [5.74, 6) is 1.18. The van der Waals surface area contributed by atoms with Crippen LogP contribution in [0.4, 0.5) is 10.7 Å². The molecule has 4 aromatic rings. The summed E-state index contributed by atoms with van der Waals surface area (Å²) in [6.07, 6.45) is 4.74. The maximum Gasteiger partial charge on any atom is 0.259 e. The highest BCUT2D eigenvalue weighted by atomic mass is 35.5. The first-order valence-electron chi connectivity index (χ1n) is 13.3. The standard InChI is InChI=1S/C33H33ClN2O2S/c1-33(2,3)24-17-18-26-29(19-24)39-32(30(26)31(37)36-25-13-5-4-6-14-25)35-20-22-11-8-10-16-28(22)38-21-23-12-7-9-15-27(23)34/h4-16,20,24H,17-19,21H2,1-3H3,(H,36,37)/t24-/m0/s1. The number of hydrogen-bond donors (Lipinski definition) is 1. The lowest BCUT2D eigenvalue weighted by atomic mass is 9.72. The Labute approximate surface area is 239 Å². The van der Waals surface area contributed by atoms with Gasteiger partial charge in [0.05, 0.1) is 5.56 Å². The number of thiophene rings is 1. The van der Waals surface area contributed by atoms with Gasteiger partial charge in [-0.25, -0.2) is 4.99 Å². The summed E-state index contributed by atoms with van der Waals surface area (Å²) in [5, 5.41) is 4.50. The van der Waals surface area contributed by atoms with Crippen LogP contribution in [0.5, 0.6) is 5.75 Å². The molecule has 3 aromatic carbocycles. The van der Waals surface area contributed by atoms with Gasteiger partial charge in [0, 0.05) is 32.9 Å². The van der Waals surface area contributed by atoms with E-state index in [1.54, 1.807) is 17.6 Å². The summed E-state index contributed by atoms with van der Waals surface area (Å²) >= 11 is 7.96. The highest BCUT2D eigenvalue weighted by Gasteiger charge is 2.33. The number of carbonyl (C=O) groups is 1. The number of nitrogens with one attached hydrogen (secondary N) is 1. The minimum Gasteiger partial charge on any atom is -0.488 e. The van der Waals surface area contributed by atoms with E-state index in [0.717, 1.165) is 46.6 Å². The van der Waals surface area contributed by atoms with Crippen molar-refractivity contribution in [3.8, 4) is 5.75 Å². The smallest absolute Gasteiger partial charge is 0.259 e. The Morgan fingerprint density at radius 3 is 2.54 bits per heavy atom. The first-order valence-corrected chi connectivity index (χ1v) is 14.5. The molecule has 1 N–H and O–H groups in total. The van der Waals surface area contributed by atoms with Gasteiger partial charge in [0.25, 0.3) is 5.91 Å². The fourth-order valence-corrected chi connectivity index (χ4v) is 6.43. The monoisotopic (exact) mass is 556 g/mol. The highest BCUT2D eigenvalue weighted by Crippen LogP contribution is 2.45. The van der Waals surface area contributed by atoms with E-state index in [2.05, 4.69) is 26.1 Å². The van der Waals surface area contributed by atoms with Crippen LogP contribution in [0.3, 0.4) is 0 Å². The zero-order chi connectivity index (χ0) is 27.4. The molecule has 0 aliphatic heterocycles. The molecule has 1 heterocycles. The van der Waals surface area contributed by atoms with Gasteiger partial charge < -0.3 is 10.1 Å². The van der Waals surface area contributed by atoms with Gasteiger partial charge in [-0.15, -0.1) is 11.3 Å².